The first-order chi connectivity index (χ1) is 7.74. The average Bonchev–Trinajstić information content (AvgIpc) is 2.30. The highest BCUT2D eigenvalue weighted by Gasteiger charge is 2.00. The van der Waals surface area contributed by atoms with Crippen LogP contribution >= 0.6 is 0 Å². The lowest BCUT2D eigenvalue weighted by Gasteiger charge is -2.11. The van der Waals surface area contributed by atoms with E-state index < -0.39 is 0 Å². The van der Waals surface area contributed by atoms with Crippen LogP contribution < -0.4 is 5.32 Å². The van der Waals surface area contributed by atoms with Crippen molar-refractivity contribution in [1.29, 1.82) is 0 Å². The fourth-order valence-electron chi connectivity index (χ4n) is 1.32. The molecule has 0 fully saturated rings. The molecule has 0 aliphatic rings. The highest BCUT2D eigenvalue weighted by atomic mass is 19.1. The van der Waals surface area contributed by atoms with Gasteiger partial charge in [-0.05, 0) is 19.4 Å². The maximum Gasteiger partial charge on any atom is 0.128 e. The van der Waals surface area contributed by atoms with Crippen LogP contribution in [0.3, 0.4) is 0 Å². The van der Waals surface area contributed by atoms with E-state index in [9.17, 15) is 4.39 Å². The van der Waals surface area contributed by atoms with Crippen LogP contribution in [0.1, 0.15) is 25.8 Å². The number of ether oxygens (including phenoxy) is 1. The Bertz CT molecular complexity index is 304. The van der Waals surface area contributed by atoms with E-state index in [0.29, 0.717) is 24.8 Å². The first-order valence-corrected chi connectivity index (χ1v) is 5.78. The topological polar surface area (TPSA) is 21.3 Å². The monoisotopic (exact) mass is 225 g/mol. The zero-order valence-corrected chi connectivity index (χ0v) is 10.0. The molecule has 90 valence electrons. The van der Waals surface area contributed by atoms with Crippen LogP contribution in [0.15, 0.2) is 24.3 Å². The Morgan fingerprint density at radius 1 is 1.38 bits per heavy atom. The largest absolute Gasteiger partial charge is 0.375 e. The van der Waals surface area contributed by atoms with Gasteiger partial charge >= 0.3 is 0 Å². The molecule has 2 nitrogen and oxygen atoms in total. The van der Waals surface area contributed by atoms with Gasteiger partial charge in [0.2, 0.25) is 0 Å². The first kappa shape index (κ1) is 13.1. The second kappa shape index (κ2) is 7.36. The lowest BCUT2D eigenvalue weighted by molar-refractivity contribution is 0.118. The third-order valence-corrected chi connectivity index (χ3v) is 2.57. The Balaban J connectivity index is 2.14. The maximum atomic E-state index is 13.2. The molecule has 0 saturated carbocycles. The summed E-state index contributed by atoms with van der Waals surface area (Å²) in [4.78, 5) is 0. The van der Waals surface area contributed by atoms with Crippen LogP contribution in [0, 0.1) is 5.82 Å². The van der Waals surface area contributed by atoms with Gasteiger partial charge < -0.3 is 10.1 Å². The number of benzene rings is 1. The van der Waals surface area contributed by atoms with Crippen molar-refractivity contribution in [2.75, 3.05) is 13.2 Å². The molecule has 0 amide bonds. The van der Waals surface area contributed by atoms with Crippen LogP contribution in [-0.2, 0) is 11.3 Å². The normalized spacial score (nSPS) is 12.7. The van der Waals surface area contributed by atoms with Gasteiger partial charge in [0.05, 0.1) is 13.2 Å². The summed E-state index contributed by atoms with van der Waals surface area (Å²) >= 11 is 0. The fraction of sp³-hybridized carbons (Fsp3) is 0.538. The molecule has 0 aromatic heterocycles. The Hall–Kier alpha value is -0.930. The summed E-state index contributed by atoms with van der Waals surface area (Å²) in [5, 5.41) is 3.31. The molecule has 1 N–H and O–H groups in total. The summed E-state index contributed by atoms with van der Waals surface area (Å²) in [6.45, 7) is 6.03. The summed E-state index contributed by atoms with van der Waals surface area (Å²) in [6.07, 6.45) is 1.10. The van der Waals surface area contributed by atoms with Crippen LogP contribution in [-0.4, -0.2) is 19.2 Å². The van der Waals surface area contributed by atoms with Crippen LogP contribution in [0.2, 0.25) is 0 Å². The second-order valence-corrected chi connectivity index (χ2v) is 3.91. The van der Waals surface area contributed by atoms with Crippen LogP contribution in [0.25, 0.3) is 0 Å². The van der Waals surface area contributed by atoms with Gasteiger partial charge in [0.25, 0.3) is 0 Å². The SMILES string of the molecule is CCC(C)NCCOCc1ccccc1F. The van der Waals surface area contributed by atoms with Crippen molar-refractivity contribution >= 4 is 0 Å². The van der Waals surface area contributed by atoms with Gasteiger partial charge in [0.15, 0.2) is 0 Å². The Morgan fingerprint density at radius 3 is 2.81 bits per heavy atom. The molecule has 1 rings (SSSR count). The van der Waals surface area contributed by atoms with Gasteiger partial charge in [-0.1, -0.05) is 25.1 Å². The van der Waals surface area contributed by atoms with Gasteiger partial charge in [-0.3, -0.25) is 0 Å². The molecular weight excluding hydrogens is 205 g/mol. The predicted octanol–water partition coefficient (Wildman–Crippen LogP) is 2.73. The second-order valence-electron chi connectivity index (χ2n) is 3.91. The number of rotatable bonds is 7. The summed E-state index contributed by atoms with van der Waals surface area (Å²) in [5.74, 6) is -0.197. The zero-order valence-electron chi connectivity index (χ0n) is 10.0. The van der Waals surface area contributed by atoms with E-state index >= 15 is 0 Å². The average molecular weight is 225 g/mol. The first-order valence-electron chi connectivity index (χ1n) is 5.78. The highest BCUT2D eigenvalue weighted by Crippen LogP contribution is 2.07. The van der Waals surface area contributed by atoms with E-state index in [2.05, 4.69) is 19.2 Å². The Labute approximate surface area is 96.8 Å². The van der Waals surface area contributed by atoms with Crippen molar-refractivity contribution in [3.63, 3.8) is 0 Å². The molecule has 0 spiro atoms. The molecule has 1 atom stereocenters. The molecule has 0 heterocycles. The van der Waals surface area contributed by atoms with Crippen molar-refractivity contribution in [1.82, 2.24) is 5.32 Å². The lowest BCUT2D eigenvalue weighted by atomic mass is 10.2. The standard InChI is InChI=1S/C13H20FNO/c1-3-11(2)15-8-9-16-10-12-6-4-5-7-13(12)14/h4-7,11,15H,3,8-10H2,1-2H3. The highest BCUT2D eigenvalue weighted by molar-refractivity contribution is 5.16. The molecule has 1 unspecified atom stereocenters. The Morgan fingerprint density at radius 2 is 2.12 bits per heavy atom. The van der Waals surface area contributed by atoms with Gasteiger partial charge in [0.1, 0.15) is 5.82 Å². The number of hydrogen-bond acceptors (Lipinski definition) is 2. The van der Waals surface area contributed by atoms with Gasteiger partial charge in [-0.2, -0.15) is 0 Å². The predicted molar refractivity (Wildman–Crippen MR) is 63.8 cm³/mol. The molecule has 0 bridgehead atoms. The van der Waals surface area contributed by atoms with Crippen molar-refractivity contribution in [3.05, 3.63) is 35.6 Å². The third-order valence-electron chi connectivity index (χ3n) is 2.57. The van der Waals surface area contributed by atoms with E-state index in [4.69, 9.17) is 4.74 Å². The van der Waals surface area contributed by atoms with E-state index in [1.54, 1.807) is 12.1 Å². The maximum absolute atomic E-state index is 13.2. The van der Waals surface area contributed by atoms with Crippen molar-refractivity contribution < 1.29 is 9.13 Å². The summed E-state index contributed by atoms with van der Waals surface area (Å²) in [7, 11) is 0. The Kier molecular flexibility index (Phi) is 6.04. The zero-order chi connectivity index (χ0) is 11.8. The summed E-state index contributed by atoms with van der Waals surface area (Å²) < 4.78 is 18.6. The van der Waals surface area contributed by atoms with Crippen molar-refractivity contribution in [2.45, 2.75) is 32.9 Å². The van der Waals surface area contributed by atoms with Crippen molar-refractivity contribution in [3.8, 4) is 0 Å². The van der Waals surface area contributed by atoms with Crippen LogP contribution in [0.4, 0.5) is 4.39 Å². The molecule has 0 aliphatic carbocycles. The quantitative estimate of drug-likeness (QED) is 0.720. The molecule has 0 aliphatic heterocycles. The molecular formula is C13H20FNO. The van der Waals surface area contributed by atoms with Gasteiger partial charge in [-0.15, -0.1) is 0 Å². The number of halogens is 1. The fourth-order valence-corrected chi connectivity index (χ4v) is 1.32. The minimum Gasteiger partial charge on any atom is -0.375 e. The smallest absolute Gasteiger partial charge is 0.128 e. The van der Waals surface area contributed by atoms with Crippen LogP contribution in [0.5, 0.6) is 0 Å². The molecule has 1 aromatic rings. The number of hydrogen-bond donors (Lipinski definition) is 1. The van der Waals surface area contributed by atoms with Gasteiger partial charge in [0, 0.05) is 18.2 Å². The molecule has 0 radical (unpaired) electrons. The van der Waals surface area contributed by atoms with Gasteiger partial charge in [-0.25, -0.2) is 4.39 Å². The van der Waals surface area contributed by atoms with E-state index in [-0.39, 0.29) is 5.82 Å². The minimum absolute atomic E-state index is 0.197. The molecule has 16 heavy (non-hydrogen) atoms. The summed E-state index contributed by atoms with van der Waals surface area (Å²) in [6, 6.07) is 7.22. The number of nitrogens with one attached hydrogen (secondary N) is 1. The van der Waals surface area contributed by atoms with E-state index in [1.165, 1.54) is 6.07 Å². The van der Waals surface area contributed by atoms with E-state index in [1.807, 2.05) is 6.07 Å². The van der Waals surface area contributed by atoms with E-state index in [0.717, 1.165) is 13.0 Å². The minimum atomic E-state index is -0.197. The molecule has 1 aromatic carbocycles. The van der Waals surface area contributed by atoms with Crippen molar-refractivity contribution in [2.24, 2.45) is 0 Å². The lowest BCUT2D eigenvalue weighted by Crippen LogP contribution is -2.28. The molecule has 3 heteroatoms. The third kappa shape index (κ3) is 4.73. The molecule has 0 saturated heterocycles. The summed E-state index contributed by atoms with van der Waals surface area (Å²) in [5.41, 5.74) is 0.617.